The van der Waals surface area contributed by atoms with Crippen LogP contribution in [-0.2, 0) is 34.5 Å². The van der Waals surface area contributed by atoms with Crippen LogP contribution in [0, 0.1) is 19.3 Å². The van der Waals surface area contributed by atoms with E-state index in [0.717, 1.165) is 12.8 Å². The molecule has 1 fully saturated rings. The van der Waals surface area contributed by atoms with E-state index in [-0.39, 0.29) is 43.8 Å². The molecule has 148 heavy (non-hydrogen) atoms. The Kier molecular flexibility index (Phi) is 28.5. The molecule has 0 saturated heterocycles. The fraction of sp³-hybridized carbons (Fsp3) is 0.333. The number of fused-ring (bicyclic) bond motifs is 12. The minimum atomic E-state index is -0.108. The fourth-order valence-electron chi connectivity index (χ4n) is 25.3. The molecular formula is C144H162N4. The van der Waals surface area contributed by atoms with Crippen molar-refractivity contribution >= 4 is 45.5 Å². The van der Waals surface area contributed by atoms with Gasteiger partial charge in [0.2, 0.25) is 0 Å². The molecule has 5 aliphatic carbocycles. The molecule has 1 saturated carbocycles. The van der Waals surface area contributed by atoms with Gasteiger partial charge in [-0.05, 0) is 404 Å². The Labute approximate surface area is 890 Å². The molecule has 0 unspecified atom stereocenters. The lowest BCUT2D eigenvalue weighted by molar-refractivity contribution is 0.224. The molecule has 0 bridgehead atoms. The van der Waals surface area contributed by atoms with Crippen molar-refractivity contribution in [3.63, 3.8) is 0 Å². The van der Waals surface area contributed by atoms with Crippen molar-refractivity contribution in [1.82, 2.24) is 0 Å². The summed E-state index contributed by atoms with van der Waals surface area (Å²) < 4.78 is 0. The third-order valence-electron chi connectivity index (χ3n) is 33.2. The van der Waals surface area contributed by atoms with Gasteiger partial charge in [-0.1, -0.05) is 384 Å². The van der Waals surface area contributed by atoms with E-state index in [0.29, 0.717) is 23.2 Å². The Morgan fingerprint density at radius 2 is 0.541 bits per heavy atom. The van der Waals surface area contributed by atoms with Gasteiger partial charge in [-0.3, -0.25) is 0 Å². The minimum Gasteiger partial charge on any atom is -0.336 e. The highest BCUT2D eigenvalue weighted by molar-refractivity contribution is 5.93. The molecule has 5 aliphatic rings. The van der Waals surface area contributed by atoms with E-state index in [1.54, 1.807) is 0 Å². The molecule has 0 aromatic heterocycles. The molecule has 16 aromatic rings. The van der Waals surface area contributed by atoms with Crippen LogP contribution >= 0.6 is 0 Å². The van der Waals surface area contributed by atoms with Gasteiger partial charge in [-0.2, -0.15) is 0 Å². The number of hydrogen-bond acceptors (Lipinski definition) is 4. The average molecular weight is 1950 g/mol. The first-order valence-electron chi connectivity index (χ1n) is 55.1. The van der Waals surface area contributed by atoms with Crippen LogP contribution in [-0.4, -0.2) is 22.2 Å². The third kappa shape index (κ3) is 20.0. The van der Waals surface area contributed by atoms with Gasteiger partial charge in [0, 0.05) is 89.3 Å². The Bertz CT molecular complexity index is 7540. The predicted molar refractivity (Wildman–Crippen MR) is 643 cm³/mol. The summed E-state index contributed by atoms with van der Waals surface area (Å²) in [7, 11) is 0. The summed E-state index contributed by atoms with van der Waals surface area (Å²) in [6.07, 6.45) is 7.10. The van der Waals surface area contributed by atoms with Crippen LogP contribution < -0.4 is 19.6 Å². The van der Waals surface area contributed by atoms with Gasteiger partial charge >= 0.3 is 0 Å². The lowest BCUT2D eigenvalue weighted by atomic mass is 9.70. The molecule has 0 N–H and O–H groups in total. The lowest BCUT2D eigenvalue weighted by Gasteiger charge is -2.42. The quantitative estimate of drug-likeness (QED) is 0.0901. The van der Waals surface area contributed by atoms with E-state index in [2.05, 4.69) is 573 Å². The van der Waals surface area contributed by atoms with Crippen molar-refractivity contribution in [2.24, 2.45) is 5.41 Å². The Morgan fingerprint density at radius 1 is 0.243 bits per heavy atom. The SMILES string of the molecule is CC(C)c1cc(-c2ccccc2)ccc1N(c1cc2c(cc1C(C)C)C(C)(C)c1ccccc1-2)C(C)(C)C.CC1(C)CCC(c2cc3c(cc2N(c2ccc(-c4ccccc4)cc2)C(C)(C)C)-c2ccccc2C3(C)C)CC1.CCc1cc(-c2ccccc2)ccc1N(c1cc2c(cc1CC)C(C)(C)c1ccccc1-2)C(C)(C)C.Cc1cc(-c2ccccc2)ccc1N(c1cc2c(cc1C)C(C)(C)c1ccccc1-2)C(C)(C)C. The van der Waals surface area contributed by atoms with Crippen molar-refractivity contribution in [3.8, 4) is 89.0 Å². The van der Waals surface area contributed by atoms with Crippen molar-refractivity contribution in [2.45, 2.75) is 308 Å². The first kappa shape index (κ1) is 105. The van der Waals surface area contributed by atoms with E-state index < -0.39 is 0 Å². The van der Waals surface area contributed by atoms with Crippen LogP contribution in [0.15, 0.2) is 346 Å². The van der Waals surface area contributed by atoms with Crippen LogP contribution in [0.1, 0.15) is 321 Å². The van der Waals surface area contributed by atoms with Gasteiger partial charge in [0.1, 0.15) is 0 Å². The second kappa shape index (κ2) is 40.3. The zero-order valence-corrected chi connectivity index (χ0v) is 94.7. The molecule has 0 atom stereocenters. The monoisotopic (exact) mass is 1950 g/mol. The van der Waals surface area contributed by atoms with E-state index >= 15 is 0 Å². The van der Waals surface area contributed by atoms with Gasteiger partial charge in [0.05, 0.1) is 0 Å². The molecule has 0 heterocycles. The Hall–Kier alpha value is -13.3. The molecule has 21 rings (SSSR count). The van der Waals surface area contributed by atoms with Crippen molar-refractivity contribution in [1.29, 1.82) is 0 Å². The second-order valence-electron chi connectivity index (χ2n) is 50.4. The number of rotatable bonds is 17. The minimum absolute atomic E-state index is 0.00108. The van der Waals surface area contributed by atoms with Gasteiger partial charge in [-0.25, -0.2) is 0 Å². The van der Waals surface area contributed by atoms with E-state index in [1.807, 2.05) is 0 Å². The topological polar surface area (TPSA) is 13.0 Å². The van der Waals surface area contributed by atoms with Gasteiger partial charge < -0.3 is 19.6 Å². The largest absolute Gasteiger partial charge is 0.336 e. The Balaban J connectivity index is 0.000000129. The Morgan fingerprint density at radius 3 is 0.946 bits per heavy atom. The summed E-state index contributed by atoms with van der Waals surface area (Å²) in [6.45, 7) is 70.3. The number of nitrogens with zero attached hydrogens (tertiary/aromatic N) is 4. The molecule has 4 heteroatoms. The molecule has 0 spiro atoms. The standard InChI is InChI=1S/C39H45N.C37H43N.C35H39N.C33H35N/c1-37(2,3)40(30-19-17-28(18-20-30)27-13-9-8-10-14-27)36-26-33-31-15-11-12-16-34(31)39(6,7)35(33)25-32(36)29-21-23-38(4,5)24-22-29;1-24(2)29-21-27(26-15-11-10-12-16-26)19-20-34(29)38(36(5,6)7)35-23-31-28-17-13-14-18-32(28)37(8,9)33(31)22-30(35)25(3)4;1-8-24-21-27(26-15-11-10-12-16-26)19-20-32(24)36(34(3,4)5)33-23-29-28-17-13-14-18-30(28)35(6,7)31(29)22-25(33)9-2;1-22-19-25(24-13-9-8-10-14-24)17-18-30(22)34(32(3,4)5)31-21-27-26-15-11-12-16-28(26)33(6,7)29(27)20-23(31)2/h8-20,25-26,29H,21-24H2,1-7H3;10-25H,1-9H3;10-23H,8-9H2,1-7H3;8-21H,1-7H3. The first-order valence-corrected chi connectivity index (χ1v) is 55.1. The fourth-order valence-corrected chi connectivity index (χ4v) is 25.3. The molecular weight excluding hydrogens is 1790 g/mol. The van der Waals surface area contributed by atoms with Gasteiger partial charge in [0.15, 0.2) is 0 Å². The summed E-state index contributed by atoms with van der Waals surface area (Å²) in [5.41, 5.74) is 53.1. The molecule has 0 radical (unpaired) electrons. The highest BCUT2D eigenvalue weighted by Crippen LogP contribution is 2.60. The highest BCUT2D eigenvalue weighted by Gasteiger charge is 2.45. The molecule has 758 valence electrons. The number of aryl methyl sites for hydroxylation is 4. The maximum absolute atomic E-state index is 2.62. The van der Waals surface area contributed by atoms with Crippen LogP contribution in [0.4, 0.5) is 45.5 Å². The van der Waals surface area contributed by atoms with Crippen molar-refractivity contribution in [2.75, 3.05) is 19.6 Å². The number of anilines is 8. The predicted octanol–water partition coefficient (Wildman–Crippen LogP) is 41.1. The van der Waals surface area contributed by atoms with Crippen LogP contribution in [0.25, 0.3) is 89.0 Å². The summed E-state index contributed by atoms with van der Waals surface area (Å²) in [5, 5.41) is 0. The smallest absolute Gasteiger partial charge is 0.0457 e. The lowest BCUT2D eigenvalue weighted by Crippen LogP contribution is -2.39. The average Bonchev–Trinajstić information content (AvgIpc) is 1.57. The zero-order chi connectivity index (χ0) is 106. The maximum atomic E-state index is 2.62. The van der Waals surface area contributed by atoms with E-state index in [4.69, 9.17) is 0 Å². The number of benzene rings is 16. The van der Waals surface area contributed by atoms with E-state index in [1.165, 1.54) is 244 Å². The van der Waals surface area contributed by atoms with Gasteiger partial charge in [0.25, 0.3) is 0 Å². The van der Waals surface area contributed by atoms with Crippen LogP contribution in [0.3, 0.4) is 0 Å². The molecule has 4 nitrogen and oxygen atoms in total. The summed E-state index contributed by atoms with van der Waals surface area (Å²) in [6, 6.07) is 129. The first-order chi connectivity index (χ1) is 70.1. The number of hydrogen-bond donors (Lipinski definition) is 0. The molecule has 0 aliphatic heterocycles. The summed E-state index contributed by atoms with van der Waals surface area (Å²) >= 11 is 0. The van der Waals surface area contributed by atoms with Crippen molar-refractivity contribution in [3.05, 3.63) is 429 Å². The second-order valence-corrected chi connectivity index (χ2v) is 50.4. The summed E-state index contributed by atoms with van der Waals surface area (Å²) in [4.78, 5) is 10.3. The normalized spacial score (nSPS) is 15.0. The summed E-state index contributed by atoms with van der Waals surface area (Å²) in [5.74, 6) is 1.39. The van der Waals surface area contributed by atoms with E-state index in [9.17, 15) is 0 Å². The van der Waals surface area contributed by atoms with Crippen LogP contribution in [0.2, 0.25) is 0 Å². The van der Waals surface area contributed by atoms with Gasteiger partial charge in [-0.15, -0.1) is 0 Å². The zero-order valence-electron chi connectivity index (χ0n) is 94.7. The third-order valence-corrected chi connectivity index (χ3v) is 33.2. The maximum Gasteiger partial charge on any atom is 0.0457 e. The van der Waals surface area contributed by atoms with Crippen molar-refractivity contribution < 1.29 is 0 Å². The van der Waals surface area contributed by atoms with Crippen LogP contribution in [0.5, 0.6) is 0 Å². The molecule has 0 amide bonds. The molecule has 16 aromatic carbocycles. The highest BCUT2D eigenvalue weighted by atomic mass is 15.2.